The highest BCUT2D eigenvalue weighted by Gasteiger charge is 2.16. The molecule has 0 radical (unpaired) electrons. The van der Waals surface area contributed by atoms with E-state index in [1.165, 1.54) is 17.3 Å². The van der Waals surface area contributed by atoms with E-state index in [2.05, 4.69) is 37.2 Å². The molecule has 7 nitrogen and oxygen atoms in total. The van der Waals surface area contributed by atoms with Crippen LogP contribution in [0.25, 0.3) is 11.4 Å². The van der Waals surface area contributed by atoms with Gasteiger partial charge in [0.05, 0.1) is 12.4 Å². The SMILES string of the molecule is CCOc1ccc(NC(=O)CSc2nnc(-c3cccnc3)n2CCc2ccccc2)cc1. The van der Waals surface area contributed by atoms with Crippen molar-refractivity contribution in [1.82, 2.24) is 19.7 Å². The van der Waals surface area contributed by atoms with Crippen LogP contribution in [0.5, 0.6) is 5.75 Å². The lowest BCUT2D eigenvalue weighted by molar-refractivity contribution is -0.113. The predicted molar refractivity (Wildman–Crippen MR) is 130 cm³/mol. The fraction of sp³-hybridized carbons (Fsp3) is 0.200. The third-order valence-corrected chi connectivity index (χ3v) is 5.85. The molecule has 0 unspecified atom stereocenters. The fourth-order valence-electron chi connectivity index (χ4n) is 3.32. The monoisotopic (exact) mass is 459 g/mol. The van der Waals surface area contributed by atoms with Crippen molar-refractivity contribution < 1.29 is 9.53 Å². The summed E-state index contributed by atoms with van der Waals surface area (Å²) in [4.78, 5) is 16.7. The number of aryl methyl sites for hydroxylation is 1. The van der Waals surface area contributed by atoms with Crippen LogP contribution in [0.1, 0.15) is 12.5 Å². The molecule has 0 fully saturated rings. The van der Waals surface area contributed by atoms with Crippen molar-refractivity contribution in [3.63, 3.8) is 0 Å². The van der Waals surface area contributed by atoms with Gasteiger partial charge in [0.15, 0.2) is 11.0 Å². The molecule has 0 aliphatic heterocycles. The Kier molecular flexibility index (Phi) is 7.71. The van der Waals surface area contributed by atoms with Gasteiger partial charge in [0.25, 0.3) is 0 Å². The summed E-state index contributed by atoms with van der Waals surface area (Å²) in [6, 6.07) is 21.5. The van der Waals surface area contributed by atoms with Crippen LogP contribution in [0, 0.1) is 0 Å². The number of amides is 1. The van der Waals surface area contributed by atoms with Crippen LogP contribution in [-0.4, -0.2) is 38.0 Å². The topological polar surface area (TPSA) is 81.9 Å². The smallest absolute Gasteiger partial charge is 0.234 e. The molecule has 168 valence electrons. The van der Waals surface area contributed by atoms with Crippen LogP contribution in [0.15, 0.2) is 84.3 Å². The molecule has 1 amide bonds. The molecule has 33 heavy (non-hydrogen) atoms. The van der Waals surface area contributed by atoms with E-state index in [9.17, 15) is 4.79 Å². The predicted octanol–water partition coefficient (Wildman–Crippen LogP) is 4.71. The second-order valence-electron chi connectivity index (χ2n) is 7.23. The van der Waals surface area contributed by atoms with Crippen molar-refractivity contribution in [3.8, 4) is 17.1 Å². The van der Waals surface area contributed by atoms with Crippen molar-refractivity contribution in [2.24, 2.45) is 0 Å². The highest BCUT2D eigenvalue weighted by atomic mass is 32.2. The molecule has 1 N–H and O–H groups in total. The lowest BCUT2D eigenvalue weighted by Gasteiger charge is -2.11. The number of carbonyl (C=O) groups is 1. The number of pyridine rings is 1. The minimum Gasteiger partial charge on any atom is -0.494 e. The molecule has 0 saturated carbocycles. The highest BCUT2D eigenvalue weighted by Crippen LogP contribution is 2.24. The summed E-state index contributed by atoms with van der Waals surface area (Å²) in [5.74, 6) is 1.64. The van der Waals surface area contributed by atoms with Crippen molar-refractivity contribution in [2.75, 3.05) is 17.7 Å². The normalized spacial score (nSPS) is 10.7. The Morgan fingerprint density at radius 2 is 1.85 bits per heavy atom. The number of hydrogen-bond donors (Lipinski definition) is 1. The zero-order valence-corrected chi connectivity index (χ0v) is 19.2. The lowest BCUT2D eigenvalue weighted by Crippen LogP contribution is -2.15. The molecule has 4 rings (SSSR count). The molecule has 0 spiro atoms. The van der Waals surface area contributed by atoms with Gasteiger partial charge in [-0.3, -0.25) is 9.78 Å². The number of ether oxygens (including phenoxy) is 1. The van der Waals surface area contributed by atoms with Gasteiger partial charge >= 0.3 is 0 Å². The number of anilines is 1. The standard InChI is InChI=1S/C25H25N5O2S/c1-2-32-22-12-10-21(11-13-22)27-23(31)18-33-25-29-28-24(20-9-6-15-26-17-20)30(25)16-14-19-7-4-3-5-8-19/h3-13,15,17H,2,14,16,18H2,1H3,(H,27,31). The van der Waals surface area contributed by atoms with Gasteiger partial charge in [-0.1, -0.05) is 42.1 Å². The molecular formula is C25H25N5O2S. The number of benzene rings is 2. The number of rotatable bonds is 10. The van der Waals surface area contributed by atoms with E-state index >= 15 is 0 Å². The van der Waals surface area contributed by atoms with E-state index in [4.69, 9.17) is 4.74 Å². The Hall–Kier alpha value is -3.65. The zero-order chi connectivity index (χ0) is 22.9. The van der Waals surface area contributed by atoms with Crippen molar-refractivity contribution in [2.45, 2.75) is 25.0 Å². The summed E-state index contributed by atoms with van der Waals surface area (Å²) in [7, 11) is 0. The van der Waals surface area contributed by atoms with E-state index in [1.807, 2.05) is 61.5 Å². The van der Waals surface area contributed by atoms with E-state index in [-0.39, 0.29) is 11.7 Å². The molecule has 2 heterocycles. The molecule has 4 aromatic rings. The molecule has 0 aliphatic rings. The van der Waals surface area contributed by atoms with Gasteiger partial charge in [-0.15, -0.1) is 10.2 Å². The summed E-state index contributed by atoms with van der Waals surface area (Å²) < 4.78 is 7.49. The van der Waals surface area contributed by atoms with Gasteiger partial charge in [0, 0.05) is 30.2 Å². The molecular weight excluding hydrogens is 434 g/mol. The number of nitrogens with one attached hydrogen (secondary N) is 1. The first-order valence-corrected chi connectivity index (χ1v) is 11.7. The van der Waals surface area contributed by atoms with E-state index in [0.29, 0.717) is 18.3 Å². The Bertz CT molecular complexity index is 1160. The molecule has 0 atom stereocenters. The zero-order valence-electron chi connectivity index (χ0n) is 18.3. The Morgan fingerprint density at radius 3 is 2.58 bits per heavy atom. The van der Waals surface area contributed by atoms with Crippen LogP contribution in [0.3, 0.4) is 0 Å². The molecule has 0 bridgehead atoms. The van der Waals surface area contributed by atoms with E-state index in [1.54, 1.807) is 12.4 Å². The molecule has 2 aromatic carbocycles. The van der Waals surface area contributed by atoms with Gasteiger partial charge < -0.3 is 14.6 Å². The molecule has 8 heteroatoms. The first-order valence-electron chi connectivity index (χ1n) is 10.8. The van der Waals surface area contributed by atoms with Gasteiger partial charge in [0.2, 0.25) is 5.91 Å². The van der Waals surface area contributed by atoms with Gasteiger partial charge in [-0.2, -0.15) is 0 Å². The Labute approximate surface area is 197 Å². The van der Waals surface area contributed by atoms with Crippen molar-refractivity contribution >= 4 is 23.4 Å². The van der Waals surface area contributed by atoms with Gasteiger partial charge in [-0.25, -0.2) is 0 Å². The Morgan fingerprint density at radius 1 is 1.03 bits per heavy atom. The summed E-state index contributed by atoms with van der Waals surface area (Å²) >= 11 is 1.37. The lowest BCUT2D eigenvalue weighted by atomic mass is 10.1. The number of hydrogen-bond acceptors (Lipinski definition) is 6. The van der Waals surface area contributed by atoms with E-state index < -0.39 is 0 Å². The van der Waals surface area contributed by atoms with Crippen molar-refractivity contribution in [1.29, 1.82) is 0 Å². The van der Waals surface area contributed by atoms with Crippen LogP contribution in [0.4, 0.5) is 5.69 Å². The summed E-state index contributed by atoms with van der Waals surface area (Å²) in [6.07, 6.45) is 4.34. The Balaban J connectivity index is 1.44. The van der Waals surface area contributed by atoms with Crippen LogP contribution < -0.4 is 10.1 Å². The number of carbonyl (C=O) groups excluding carboxylic acids is 1. The minimum absolute atomic E-state index is 0.107. The van der Waals surface area contributed by atoms with Crippen molar-refractivity contribution in [3.05, 3.63) is 84.7 Å². The van der Waals surface area contributed by atoms with Gasteiger partial charge in [0.1, 0.15) is 5.75 Å². The maximum atomic E-state index is 12.5. The second kappa shape index (κ2) is 11.3. The maximum absolute atomic E-state index is 12.5. The number of nitrogens with zero attached hydrogens (tertiary/aromatic N) is 4. The number of thioether (sulfide) groups is 1. The summed E-state index contributed by atoms with van der Waals surface area (Å²) in [5.41, 5.74) is 2.85. The van der Waals surface area contributed by atoms with Gasteiger partial charge in [-0.05, 0) is 55.3 Å². The highest BCUT2D eigenvalue weighted by molar-refractivity contribution is 7.99. The van der Waals surface area contributed by atoms with E-state index in [0.717, 1.165) is 29.2 Å². The minimum atomic E-state index is -0.107. The maximum Gasteiger partial charge on any atom is 0.234 e. The second-order valence-corrected chi connectivity index (χ2v) is 8.17. The van der Waals surface area contributed by atoms with Crippen LogP contribution in [0.2, 0.25) is 0 Å². The molecule has 0 saturated heterocycles. The molecule has 0 aliphatic carbocycles. The third kappa shape index (κ3) is 6.20. The first-order chi connectivity index (χ1) is 16.2. The average molecular weight is 460 g/mol. The first kappa shape index (κ1) is 22.5. The summed E-state index contributed by atoms with van der Waals surface area (Å²) in [6.45, 7) is 3.24. The van der Waals surface area contributed by atoms with Crippen LogP contribution in [-0.2, 0) is 17.8 Å². The fourth-order valence-corrected chi connectivity index (χ4v) is 4.08. The molecule has 2 aromatic heterocycles. The number of aromatic nitrogens is 4. The third-order valence-electron chi connectivity index (χ3n) is 4.88. The average Bonchev–Trinajstić information content (AvgIpc) is 3.27. The van der Waals surface area contributed by atoms with Crippen LogP contribution >= 0.6 is 11.8 Å². The quantitative estimate of drug-likeness (QED) is 0.346. The summed E-state index contributed by atoms with van der Waals surface area (Å²) in [5, 5.41) is 12.4. The largest absolute Gasteiger partial charge is 0.494 e.